The zero-order valence-electron chi connectivity index (χ0n) is 15.3. The Morgan fingerprint density at radius 2 is 2.07 bits per heavy atom. The van der Waals surface area contributed by atoms with Gasteiger partial charge in [0, 0.05) is 11.6 Å². The van der Waals surface area contributed by atoms with E-state index in [1.165, 1.54) is 10.9 Å². The predicted molar refractivity (Wildman–Crippen MR) is 106 cm³/mol. The molecule has 1 unspecified atom stereocenters. The van der Waals surface area contributed by atoms with Gasteiger partial charge in [0.25, 0.3) is 0 Å². The van der Waals surface area contributed by atoms with Gasteiger partial charge in [0.15, 0.2) is 23.2 Å². The Kier molecular flexibility index (Phi) is 5.52. The highest BCUT2D eigenvalue weighted by Crippen LogP contribution is 2.32. The molecule has 0 bridgehead atoms. The number of rotatable bonds is 6. The molecule has 154 valence electrons. The van der Waals surface area contributed by atoms with E-state index < -0.39 is 31.1 Å². The van der Waals surface area contributed by atoms with Crippen molar-refractivity contribution in [3.63, 3.8) is 0 Å². The molecule has 3 heterocycles. The number of fused-ring (bicyclic) bond motifs is 1. The van der Waals surface area contributed by atoms with E-state index in [1.54, 1.807) is 0 Å². The van der Waals surface area contributed by atoms with Crippen molar-refractivity contribution in [1.82, 2.24) is 19.5 Å². The lowest BCUT2D eigenvalue weighted by Gasteiger charge is -2.16. The molecule has 11 heteroatoms. The van der Waals surface area contributed by atoms with Crippen LogP contribution in [0, 0.1) is 0 Å². The maximum absolute atomic E-state index is 10.3. The lowest BCUT2D eigenvalue weighted by molar-refractivity contribution is -0.0511. The third kappa shape index (κ3) is 3.85. The van der Waals surface area contributed by atoms with Crippen LogP contribution in [0.5, 0.6) is 0 Å². The van der Waals surface area contributed by atoms with Crippen LogP contribution in [0.15, 0.2) is 30.6 Å². The van der Waals surface area contributed by atoms with Crippen molar-refractivity contribution in [3.8, 4) is 0 Å². The van der Waals surface area contributed by atoms with Crippen LogP contribution in [-0.4, -0.2) is 66.3 Å². The molecule has 0 spiro atoms. The topological polar surface area (TPSA) is 152 Å². The van der Waals surface area contributed by atoms with Gasteiger partial charge in [-0.3, -0.25) is 4.57 Å². The Labute approximate surface area is 170 Å². The summed E-state index contributed by atoms with van der Waals surface area (Å²) in [4.78, 5) is 12.7. The summed E-state index contributed by atoms with van der Waals surface area (Å²) in [5.41, 5.74) is 7.72. The quantitative estimate of drug-likeness (QED) is 0.379. The number of nitrogens with zero attached hydrogens (tertiary/aromatic N) is 4. The highest BCUT2D eigenvalue weighted by atomic mass is 35.5. The van der Waals surface area contributed by atoms with Gasteiger partial charge in [-0.05, 0) is 24.1 Å². The molecule has 10 nitrogen and oxygen atoms in total. The van der Waals surface area contributed by atoms with Gasteiger partial charge in [-0.1, -0.05) is 23.7 Å². The van der Waals surface area contributed by atoms with Gasteiger partial charge < -0.3 is 31.1 Å². The first kappa shape index (κ1) is 19.8. The summed E-state index contributed by atoms with van der Waals surface area (Å²) in [5, 5.41) is 33.5. The molecule has 4 atom stereocenters. The standard InChI is InChI=1S/C18H21ClN6O4/c19-10-3-1-2-9(6-10)4-5-21-15-12-16(24-18(20)23-15)25(8-22-12)17-14(28)13(27)11(7-26)29-17/h1-3,6,8,11,13-14,17,26-28H,4-5,7H2,(H3,20,21,23,24)/t11-,13-,14-,17?/m1/s1. The molecule has 0 radical (unpaired) electrons. The van der Waals surface area contributed by atoms with E-state index in [-0.39, 0.29) is 5.95 Å². The molecule has 1 aromatic carbocycles. The Bertz CT molecular complexity index is 1020. The summed E-state index contributed by atoms with van der Waals surface area (Å²) in [6, 6.07) is 7.58. The fraction of sp³-hybridized carbons (Fsp3) is 0.389. The van der Waals surface area contributed by atoms with Crippen LogP contribution in [0.1, 0.15) is 11.8 Å². The van der Waals surface area contributed by atoms with Crippen molar-refractivity contribution in [2.75, 3.05) is 24.2 Å². The first-order chi connectivity index (χ1) is 14.0. The molecule has 29 heavy (non-hydrogen) atoms. The normalized spacial score (nSPS) is 24.3. The van der Waals surface area contributed by atoms with Crippen LogP contribution in [0.2, 0.25) is 5.02 Å². The minimum absolute atomic E-state index is 0.0243. The van der Waals surface area contributed by atoms with E-state index in [2.05, 4.69) is 20.3 Å². The molecule has 1 saturated heterocycles. The molecule has 0 amide bonds. The molecule has 1 aliphatic rings. The van der Waals surface area contributed by atoms with E-state index >= 15 is 0 Å². The highest BCUT2D eigenvalue weighted by Gasteiger charge is 2.44. The second-order valence-electron chi connectivity index (χ2n) is 6.79. The molecule has 1 fully saturated rings. The van der Waals surface area contributed by atoms with E-state index in [4.69, 9.17) is 22.1 Å². The number of nitrogen functional groups attached to an aromatic ring is 1. The molecule has 0 aliphatic carbocycles. The molecular formula is C18H21ClN6O4. The zero-order chi connectivity index (χ0) is 20.5. The number of benzene rings is 1. The van der Waals surface area contributed by atoms with Gasteiger partial charge in [-0.25, -0.2) is 4.98 Å². The van der Waals surface area contributed by atoms with E-state index in [0.29, 0.717) is 35.0 Å². The van der Waals surface area contributed by atoms with Gasteiger partial charge in [0.1, 0.15) is 18.3 Å². The summed E-state index contributed by atoms with van der Waals surface area (Å²) < 4.78 is 7.03. The average Bonchev–Trinajstić information content (AvgIpc) is 3.23. The fourth-order valence-electron chi connectivity index (χ4n) is 3.37. The molecule has 4 rings (SSSR count). The number of anilines is 2. The maximum atomic E-state index is 10.3. The van der Waals surface area contributed by atoms with E-state index in [1.807, 2.05) is 24.3 Å². The van der Waals surface area contributed by atoms with Crippen molar-refractivity contribution in [2.45, 2.75) is 31.0 Å². The predicted octanol–water partition coefficient (Wildman–Crippen LogP) is 0.328. The second-order valence-corrected chi connectivity index (χ2v) is 7.23. The van der Waals surface area contributed by atoms with E-state index in [0.717, 1.165) is 5.56 Å². The third-order valence-corrected chi connectivity index (χ3v) is 5.06. The second kappa shape index (κ2) is 8.09. The van der Waals surface area contributed by atoms with Crippen molar-refractivity contribution in [1.29, 1.82) is 0 Å². The monoisotopic (exact) mass is 420 g/mol. The van der Waals surface area contributed by atoms with E-state index in [9.17, 15) is 15.3 Å². The number of ether oxygens (including phenoxy) is 1. The van der Waals surface area contributed by atoms with Crippen LogP contribution < -0.4 is 11.1 Å². The van der Waals surface area contributed by atoms with Gasteiger partial charge >= 0.3 is 0 Å². The average molecular weight is 421 g/mol. The lowest BCUT2D eigenvalue weighted by atomic mass is 10.1. The Morgan fingerprint density at radius 3 is 2.79 bits per heavy atom. The number of aliphatic hydroxyl groups is 3. The van der Waals surface area contributed by atoms with Gasteiger partial charge in [-0.2, -0.15) is 9.97 Å². The Morgan fingerprint density at radius 1 is 1.24 bits per heavy atom. The molecule has 6 N–H and O–H groups in total. The minimum atomic E-state index is -1.25. The number of hydrogen-bond donors (Lipinski definition) is 5. The maximum Gasteiger partial charge on any atom is 0.224 e. The first-order valence-corrected chi connectivity index (χ1v) is 9.46. The number of aliphatic hydroxyl groups excluding tert-OH is 3. The number of hydrogen-bond acceptors (Lipinski definition) is 9. The van der Waals surface area contributed by atoms with Crippen LogP contribution in [0.25, 0.3) is 11.2 Å². The molecule has 1 aliphatic heterocycles. The number of nitrogens with one attached hydrogen (secondary N) is 1. The van der Waals surface area contributed by atoms with Crippen molar-refractivity contribution in [2.24, 2.45) is 0 Å². The lowest BCUT2D eigenvalue weighted by Crippen LogP contribution is -2.33. The van der Waals surface area contributed by atoms with Crippen molar-refractivity contribution >= 4 is 34.5 Å². The molecular weight excluding hydrogens is 400 g/mol. The van der Waals surface area contributed by atoms with Gasteiger partial charge in [0.2, 0.25) is 5.95 Å². The number of nitrogens with two attached hydrogens (primary N) is 1. The first-order valence-electron chi connectivity index (χ1n) is 9.08. The highest BCUT2D eigenvalue weighted by molar-refractivity contribution is 6.30. The number of halogens is 1. The van der Waals surface area contributed by atoms with Gasteiger partial charge in [0.05, 0.1) is 12.9 Å². The van der Waals surface area contributed by atoms with Crippen LogP contribution in [0.4, 0.5) is 11.8 Å². The Balaban J connectivity index is 1.57. The summed E-state index contributed by atoms with van der Waals surface area (Å²) in [6.45, 7) is 0.140. The van der Waals surface area contributed by atoms with Crippen LogP contribution in [0.3, 0.4) is 0 Å². The van der Waals surface area contributed by atoms with Crippen molar-refractivity contribution < 1.29 is 20.1 Å². The molecule has 0 saturated carbocycles. The molecule has 2 aromatic heterocycles. The molecule has 3 aromatic rings. The number of imidazole rings is 1. The smallest absolute Gasteiger partial charge is 0.224 e. The summed E-state index contributed by atoms with van der Waals surface area (Å²) in [5.74, 6) is 0.469. The third-order valence-electron chi connectivity index (χ3n) is 4.83. The fourth-order valence-corrected chi connectivity index (χ4v) is 3.58. The van der Waals surface area contributed by atoms with Crippen molar-refractivity contribution in [3.05, 3.63) is 41.2 Å². The summed E-state index contributed by atoms with van der Waals surface area (Å²) in [6.07, 6.45) is -2.19. The summed E-state index contributed by atoms with van der Waals surface area (Å²) >= 11 is 6.01. The minimum Gasteiger partial charge on any atom is -0.394 e. The SMILES string of the molecule is Nc1nc(NCCc2cccc(Cl)c2)c2ncn(C3O[C@H](CO)[C@@H](O)[C@H]3O)c2n1. The van der Waals surface area contributed by atoms with Crippen LogP contribution in [-0.2, 0) is 11.2 Å². The van der Waals surface area contributed by atoms with Gasteiger partial charge in [-0.15, -0.1) is 0 Å². The zero-order valence-corrected chi connectivity index (χ0v) is 16.1. The Hall–Kier alpha value is -2.50. The summed E-state index contributed by atoms with van der Waals surface area (Å²) in [7, 11) is 0. The largest absolute Gasteiger partial charge is 0.394 e. The van der Waals surface area contributed by atoms with Crippen LogP contribution >= 0.6 is 11.6 Å². The number of aromatic nitrogens is 4.